The first-order valence-electron chi connectivity index (χ1n) is 8.55. The van der Waals surface area contributed by atoms with E-state index < -0.39 is 27.8 Å². The van der Waals surface area contributed by atoms with Crippen molar-refractivity contribution >= 4 is 27.4 Å². The van der Waals surface area contributed by atoms with E-state index in [-0.39, 0.29) is 11.3 Å². The van der Waals surface area contributed by atoms with E-state index in [1.54, 1.807) is 24.3 Å². The first-order valence-corrected chi connectivity index (χ1v) is 10.6. The average Bonchev–Trinajstić information content (AvgIpc) is 2.61. The maximum atomic E-state index is 12.3. The van der Waals surface area contributed by atoms with Crippen molar-refractivity contribution in [3.63, 3.8) is 0 Å². The number of sulfone groups is 1. The molecule has 0 spiro atoms. The Kier molecular flexibility index (Phi) is 6.74. The molecule has 1 amide bonds. The normalized spacial score (nSPS) is 12.3. The molecular formula is C20H23NO5S. The number of aryl methyl sites for hydroxylation is 1. The maximum absolute atomic E-state index is 12.3. The highest BCUT2D eigenvalue weighted by Crippen LogP contribution is 2.13. The molecule has 2 aromatic carbocycles. The highest BCUT2D eigenvalue weighted by Gasteiger charge is 2.19. The van der Waals surface area contributed by atoms with Crippen molar-refractivity contribution in [1.82, 2.24) is 0 Å². The molecule has 0 aliphatic rings. The SMILES string of the molecule is CCc1ccc(NC(=O)[C@@H](C)OC(=O)c2cccc(CS(C)(=O)=O)c2)cc1. The summed E-state index contributed by atoms with van der Waals surface area (Å²) in [5, 5.41) is 2.70. The van der Waals surface area contributed by atoms with E-state index in [1.807, 2.05) is 19.1 Å². The minimum atomic E-state index is -3.21. The minimum Gasteiger partial charge on any atom is -0.449 e. The second kappa shape index (κ2) is 8.81. The molecule has 2 rings (SSSR count). The second-order valence-electron chi connectivity index (χ2n) is 6.36. The van der Waals surface area contributed by atoms with Gasteiger partial charge in [0.05, 0.1) is 11.3 Å². The number of benzene rings is 2. The van der Waals surface area contributed by atoms with Gasteiger partial charge in [-0.25, -0.2) is 13.2 Å². The molecule has 0 saturated carbocycles. The Labute approximate surface area is 159 Å². The van der Waals surface area contributed by atoms with Crippen LogP contribution in [0.4, 0.5) is 5.69 Å². The van der Waals surface area contributed by atoms with E-state index in [4.69, 9.17) is 4.74 Å². The first kappa shape index (κ1) is 20.6. The number of esters is 1. The van der Waals surface area contributed by atoms with Crippen LogP contribution in [0.15, 0.2) is 48.5 Å². The van der Waals surface area contributed by atoms with Crippen molar-refractivity contribution in [2.24, 2.45) is 0 Å². The van der Waals surface area contributed by atoms with Crippen molar-refractivity contribution in [2.75, 3.05) is 11.6 Å². The molecule has 0 aliphatic heterocycles. The van der Waals surface area contributed by atoms with Crippen LogP contribution >= 0.6 is 0 Å². The van der Waals surface area contributed by atoms with Crippen LogP contribution in [0.1, 0.15) is 35.3 Å². The van der Waals surface area contributed by atoms with Gasteiger partial charge in [0, 0.05) is 11.9 Å². The number of rotatable bonds is 7. The Bertz CT molecular complexity index is 920. The number of amides is 1. The van der Waals surface area contributed by atoms with Gasteiger partial charge in [0.15, 0.2) is 15.9 Å². The van der Waals surface area contributed by atoms with Crippen LogP contribution in [0, 0.1) is 0 Å². The van der Waals surface area contributed by atoms with Crippen LogP contribution in [0.25, 0.3) is 0 Å². The van der Waals surface area contributed by atoms with E-state index in [2.05, 4.69) is 5.32 Å². The fraction of sp³-hybridized carbons (Fsp3) is 0.300. The predicted octanol–water partition coefficient (Wildman–Crippen LogP) is 2.98. The third-order valence-electron chi connectivity index (χ3n) is 3.87. The molecular weight excluding hydrogens is 366 g/mol. The van der Waals surface area contributed by atoms with Gasteiger partial charge in [-0.05, 0) is 48.7 Å². The molecule has 0 aromatic heterocycles. The topological polar surface area (TPSA) is 89.5 Å². The Morgan fingerprint density at radius 1 is 1.07 bits per heavy atom. The number of ether oxygens (including phenoxy) is 1. The summed E-state index contributed by atoms with van der Waals surface area (Å²) in [7, 11) is -3.21. The zero-order valence-corrected chi connectivity index (χ0v) is 16.4. The van der Waals surface area contributed by atoms with Crippen LogP contribution in [-0.2, 0) is 31.5 Å². The van der Waals surface area contributed by atoms with E-state index in [0.717, 1.165) is 18.2 Å². The summed E-state index contributed by atoms with van der Waals surface area (Å²) in [5.41, 5.74) is 2.46. The lowest BCUT2D eigenvalue weighted by molar-refractivity contribution is -0.123. The van der Waals surface area contributed by atoms with Crippen LogP contribution in [-0.4, -0.2) is 32.7 Å². The van der Waals surface area contributed by atoms with Gasteiger partial charge in [0.1, 0.15) is 0 Å². The van der Waals surface area contributed by atoms with Crippen LogP contribution < -0.4 is 5.32 Å². The van der Waals surface area contributed by atoms with Gasteiger partial charge in [-0.2, -0.15) is 0 Å². The number of hydrogen-bond donors (Lipinski definition) is 1. The van der Waals surface area contributed by atoms with Crippen LogP contribution in [0.3, 0.4) is 0 Å². The van der Waals surface area contributed by atoms with Gasteiger partial charge in [-0.15, -0.1) is 0 Å². The lowest BCUT2D eigenvalue weighted by Gasteiger charge is -2.14. The van der Waals surface area contributed by atoms with Crippen molar-refractivity contribution in [3.05, 3.63) is 65.2 Å². The van der Waals surface area contributed by atoms with Gasteiger partial charge in [-0.3, -0.25) is 4.79 Å². The molecule has 144 valence electrons. The minimum absolute atomic E-state index is 0.169. The van der Waals surface area contributed by atoms with Crippen molar-refractivity contribution < 1.29 is 22.7 Å². The Morgan fingerprint density at radius 2 is 1.74 bits per heavy atom. The first-order chi connectivity index (χ1) is 12.7. The number of anilines is 1. The van der Waals surface area contributed by atoms with Crippen molar-refractivity contribution in [1.29, 1.82) is 0 Å². The summed E-state index contributed by atoms with van der Waals surface area (Å²) in [4.78, 5) is 24.5. The van der Waals surface area contributed by atoms with E-state index in [0.29, 0.717) is 11.3 Å². The molecule has 2 aromatic rings. The molecule has 0 aliphatic carbocycles. The molecule has 7 heteroatoms. The average molecular weight is 389 g/mol. The largest absolute Gasteiger partial charge is 0.449 e. The van der Waals surface area contributed by atoms with Gasteiger partial charge in [0.2, 0.25) is 0 Å². The number of carbonyl (C=O) groups is 2. The third kappa shape index (κ3) is 6.53. The zero-order chi connectivity index (χ0) is 20.0. The van der Waals surface area contributed by atoms with Gasteiger partial charge < -0.3 is 10.1 Å². The predicted molar refractivity (Wildman–Crippen MR) is 104 cm³/mol. The number of hydrogen-bond acceptors (Lipinski definition) is 5. The molecule has 0 bridgehead atoms. The molecule has 0 unspecified atom stereocenters. The molecule has 0 fully saturated rings. The Balaban J connectivity index is 1.99. The lowest BCUT2D eigenvalue weighted by Crippen LogP contribution is -2.30. The smallest absolute Gasteiger partial charge is 0.338 e. The molecule has 0 radical (unpaired) electrons. The molecule has 6 nitrogen and oxygen atoms in total. The standard InChI is InChI=1S/C20H23NO5S/c1-4-15-8-10-18(11-9-15)21-19(22)14(2)26-20(23)17-7-5-6-16(12-17)13-27(3,24)25/h5-12,14H,4,13H2,1-3H3,(H,21,22)/t14-/m1/s1. The number of nitrogens with one attached hydrogen (secondary N) is 1. The Morgan fingerprint density at radius 3 is 2.33 bits per heavy atom. The zero-order valence-electron chi connectivity index (χ0n) is 15.6. The van der Waals surface area contributed by atoms with Gasteiger partial charge in [0.25, 0.3) is 5.91 Å². The third-order valence-corrected chi connectivity index (χ3v) is 4.73. The number of carbonyl (C=O) groups excluding carboxylic acids is 2. The monoisotopic (exact) mass is 389 g/mol. The van der Waals surface area contributed by atoms with E-state index >= 15 is 0 Å². The fourth-order valence-corrected chi connectivity index (χ4v) is 3.23. The summed E-state index contributed by atoms with van der Waals surface area (Å²) in [6, 6.07) is 13.6. The summed E-state index contributed by atoms with van der Waals surface area (Å²) in [6.07, 6.45) is 1.03. The summed E-state index contributed by atoms with van der Waals surface area (Å²) in [6.45, 7) is 3.52. The summed E-state index contributed by atoms with van der Waals surface area (Å²) in [5.74, 6) is -1.30. The van der Waals surface area contributed by atoms with Crippen LogP contribution in [0.5, 0.6) is 0 Å². The second-order valence-corrected chi connectivity index (χ2v) is 8.50. The van der Waals surface area contributed by atoms with Crippen LogP contribution in [0.2, 0.25) is 0 Å². The van der Waals surface area contributed by atoms with Crippen molar-refractivity contribution in [2.45, 2.75) is 32.1 Å². The fourth-order valence-electron chi connectivity index (χ4n) is 2.44. The highest BCUT2D eigenvalue weighted by molar-refractivity contribution is 7.89. The van der Waals surface area contributed by atoms with Gasteiger partial charge in [-0.1, -0.05) is 31.2 Å². The molecule has 0 heterocycles. The Hall–Kier alpha value is -2.67. The molecule has 1 N–H and O–H groups in total. The quantitative estimate of drug-likeness (QED) is 0.736. The van der Waals surface area contributed by atoms with Crippen molar-refractivity contribution in [3.8, 4) is 0 Å². The lowest BCUT2D eigenvalue weighted by atomic mass is 10.1. The maximum Gasteiger partial charge on any atom is 0.338 e. The summed E-state index contributed by atoms with van der Waals surface area (Å²) < 4.78 is 28.0. The highest BCUT2D eigenvalue weighted by atomic mass is 32.2. The molecule has 1 atom stereocenters. The summed E-state index contributed by atoms with van der Waals surface area (Å²) >= 11 is 0. The molecule has 27 heavy (non-hydrogen) atoms. The molecule has 0 saturated heterocycles. The van der Waals surface area contributed by atoms with E-state index in [1.165, 1.54) is 19.1 Å². The van der Waals surface area contributed by atoms with Gasteiger partial charge >= 0.3 is 5.97 Å². The van der Waals surface area contributed by atoms with E-state index in [9.17, 15) is 18.0 Å².